The maximum Gasteiger partial charge on any atom is 0.145 e. The zero-order valence-corrected chi connectivity index (χ0v) is 11.7. The molecule has 0 spiro atoms. The second kappa shape index (κ2) is 5.06. The van der Waals surface area contributed by atoms with Crippen LogP contribution in [0.15, 0.2) is 28.0 Å². The molecule has 0 aliphatic heterocycles. The van der Waals surface area contributed by atoms with Crippen molar-refractivity contribution < 1.29 is 0 Å². The summed E-state index contributed by atoms with van der Waals surface area (Å²) in [6.45, 7) is 2.14. The van der Waals surface area contributed by atoms with Crippen LogP contribution in [0.3, 0.4) is 0 Å². The maximum absolute atomic E-state index is 5.65. The van der Waals surface area contributed by atoms with Gasteiger partial charge in [-0.2, -0.15) is 5.10 Å². The quantitative estimate of drug-likeness (QED) is 0.835. The van der Waals surface area contributed by atoms with E-state index in [0.717, 1.165) is 11.3 Å². The second-order valence-electron chi connectivity index (χ2n) is 3.73. The van der Waals surface area contributed by atoms with Crippen molar-refractivity contribution in [3.63, 3.8) is 0 Å². The molecule has 0 atom stereocenters. The number of rotatable bonds is 3. The first-order chi connectivity index (χ1) is 8.15. The summed E-state index contributed by atoms with van der Waals surface area (Å²) in [5.41, 5.74) is 9.10. The number of nitrogen functional groups attached to an aromatic ring is 1. The fraction of sp³-hybridized carbons (Fsp3) is 0.250. The van der Waals surface area contributed by atoms with Crippen LogP contribution in [0.1, 0.15) is 5.56 Å². The molecule has 1 aromatic heterocycles. The van der Waals surface area contributed by atoms with Gasteiger partial charge in [0.2, 0.25) is 0 Å². The first-order valence-corrected chi connectivity index (χ1v) is 7.64. The Morgan fingerprint density at radius 3 is 2.35 bits per heavy atom. The standard InChI is InChI=1S/C12H15N3S2/c1-7-4-11(17-3)8(5-10(7)16-2)9-6-12(13)15-14-9/h4-6H,1-3H3,(H3,13,14,15). The average molecular weight is 265 g/mol. The molecule has 0 aliphatic rings. The molecular weight excluding hydrogens is 250 g/mol. The Balaban J connectivity index is 2.58. The lowest BCUT2D eigenvalue weighted by Crippen LogP contribution is -1.87. The smallest absolute Gasteiger partial charge is 0.145 e. The Morgan fingerprint density at radius 1 is 1.12 bits per heavy atom. The number of anilines is 1. The van der Waals surface area contributed by atoms with E-state index in [0.29, 0.717) is 5.82 Å². The summed E-state index contributed by atoms with van der Waals surface area (Å²) >= 11 is 3.49. The molecule has 0 unspecified atom stereocenters. The Hall–Kier alpha value is -1.07. The minimum Gasteiger partial charge on any atom is -0.382 e. The molecule has 0 bridgehead atoms. The number of benzene rings is 1. The molecule has 0 fully saturated rings. The lowest BCUT2D eigenvalue weighted by atomic mass is 10.1. The fourth-order valence-corrected chi connectivity index (χ4v) is 3.04. The molecule has 0 radical (unpaired) electrons. The number of aromatic nitrogens is 2. The lowest BCUT2D eigenvalue weighted by Gasteiger charge is -2.10. The number of thioether (sulfide) groups is 2. The van der Waals surface area contributed by atoms with Crippen molar-refractivity contribution in [3.8, 4) is 11.3 Å². The molecule has 2 aromatic rings. The number of nitrogens with zero attached hydrogens (tertiary/aromatic N) is 1. The third-order valence-electron chi connectivity index (χ3n) is 2.60. The van der Waals surface area contributed by atoms with Crippen LogP contribution < -0.4 is 5.73 Å². The number of nitrogens with one attached hydrogen (secondary N) is 1. The average Bonchev–Trinajstić information content (AvgIpc) is 2.75. The second-order valence-corrected chi connectivity index (χ2v) is 5.42. The summed E-state index contributed by atoms with van der Waals surface area (Å²) in [7, 11) is 0. The van der Waals surface area contributed by atoms with Gasteiger partial charge in [-0.25, -0.2) is 0 Å². The monoisotopic (exact) mass is 265 g/mol. The van der Waals surface area contributed by atoms with Gasteiger partial charge in [-0.3, -0.25) is 5.10 Å². The van der Waals surface area contributed by atoms with Gasteiger partial charge in [0, 0.05) is 21.4 Å². The molecule has 0 amide bonds. The van der Waals surface area contributed by atoms with E-state index in [4.69, 9.17) is 5.73 Å². The van der Waals surface area contributed by atoms with Crippen molar-refractivity contribution in [2.24, 2.45) is 0 Å². The highest BCUT2D eigenvalue weighted by Gasteiger charge is 2.10. The number of nitrogens with two attached hydrogens (primary N) is 1. The molecule has 3 nitrogen and oxygen atoms in total. The van der Waals surface area contributed by atoms with Gasteiger partial charge in [0.15, 0.2) is 0 Å². The van der Waals surface area contributed by atoms with Crippen LogP contribution in [-0.2, 0) is 0 Å². The van der Waals surface area contributed by atoms with E-state index in [1.165, 1.54) is 15.4 Å². The summed E-state index contributed by atoms with van der Waals surface area (Å²) in [5.74, 6) is 0.526. The first-order valence-electron chi connectivity index (χ1n) is 5.19. The number of aryl methyl sites for hydroxylation is 1. The normalized spacial score (nSPS) is 10.8. The predicted molar refractivity (Wildman–Crippen MR) is 76.7 cm³/mol. The van der Waals surface area contributed by atoms with E-state index in [-0.39, 0.29) is 0 Å². The molecule has 1 heterocycles. The lowest BCUT2D eigenvalue weighted by molar-refractivity contribution is 1.09. The van der Waals surface area contributed by atoms with Crippen molar-refractivity contribution in [3.05, 3.63) is 23.8 Å². The van der Waals surface area contributed by atoms with Crippen LogP contribution >= 0.6 is 23.5 Å². The largest absolute Gasteiger partial charge is 0.382 e. The summed E-state index contributed by atoms with van der Waals surface area (Å²) in [6, 6.07) is 6.27. The third kappa shape index (κ3) is 2.45. The highest BCUT2D eigenvalue weighted by atomic mass is 32.2. The van der Waals surface area contributed by atoms with Crippen LogP contribution in [0.4, 0.5) is 5.82 Å². The van der Waals surface area contributed by atoms with Crippen LogP contribution in [0.5, 0.6) is 0 Å². The van der Waals surface area contributed by atoms with Crippen LogP contribution in [0.2, 0.25) is 0 Å². The van der Waals surface area contributed by atoms with Crippen LogP contribution in [0, 0.1) is 6.92 Å². The highest BCUT2D eigenvalue weighted by molar-refractivity contribution is 7.99. The van der Waals surface area contributed by atoms with Crippen molar-refractivity contribution in [2.75, 3.05) is 18.2 Å². The summed E-state index contributed by atoms with van der Waals surface area (Å²) < 4.78 is 0. The van der Waals surface area contributed by atoms with Crippen molar-refractivity contribution in [1.82, 2.24) is 10.2 Å². The molecule has 0 saturated heterocycles. The molecule has 17 heavy (non-hydrogen) atoms. The molecule has 0 aliphatic carbocycles. The van der Waals surface area contributed by atoms with Gasteiger partial charge in [0.25, 0.3) is 0 Å². The fourth-order valence-electron chi connectivity index (χ4n) is 1.74. The van der Waals surface area contributed by atoms with E-state index in [9.17, 15) is 0 Å². The van der Waals surface area contributed by atoms with Crippen molar-refractivity contribution in [1.29, 1.82) is 0 Å². The number of hydrogen-bond acceptors (Lipinski definition) is 4. The molecule has 2 rings (SSSR count). The van der Waals surface area contributed by atoms with Gasteiger partial charge < -0.3 is 5.73 Å². The Labute approximate surface area is 110 Å². The van der Waals surface area contributed by atoms with Crippen LogP contribution in [0.25, 0.3) is 11.3 Å². The Morgan fingerprint density at radius 2 is 1.82 bits per heavy atom. The van der Waals surface area contributed by atoms with Crippen LogP contribution in [-0.4, -0.2) is 22.7 Å². The minimum absolute atomic E-state index is 0.526. The molecule has 5 heteroatoms. The van der Waals surface area contributed by atoms with E-state index in [1.54, 1.807) is 23.5 Å². The summed E-state index contributed by atoms with van der Waals surface area (Å²) in [4.78, 5) is 2.52. The highest BCUT2D eigenvalue weighted by Crippen LogP contribution is 2.35. The predicted octanol–water partition coefficient (Wildman–Crippen LogP) is 3.41. The van der Waals surface area contributed by atoms with E-state index in [1.807, 2.05) is 6.07 Å². The van der Waals surface area contributed by atoms with Gasteiger partial charge >= 0.3 is 0 Å². The topological polar surface area (TPSA) is 54.7 Å². The third-order valence-corrected chi connectivity index (χ3v) is 4.26. The summed E-state index contributed by atoms with van der Waals surface area (Å²) in [6.07, 6.45) is 4.17. The van der Waals surface area contributed by atoms with Gasteiger partial charge in [-0.05, 0) is 37.1 Å². The molecule has 1 aromatic carbocycles. The SMILES string of the molecule is CSc1cc(-c2cc(N)n[nH]2)c(SC)cc1C. The van der Waals surface area contributed by atoms with Gasteiger partial charge in [-0.15, -0.1) is 23.5 Å². The van der Waals surface area contributed by atoms with Gasteiger partial charge in [-0.1, -0.05) is 0 Å². The molecule has 90 valence electrons. The molecular formula is C12H15N3S2. The zero-order chi connectivity index (χ0) is 12.4. The van der Waals surface area contributed by atoms with Gasteiger partial charge in [0.05, 0.1) is 5.69 Å². The molecule has 0 saturated carbocycles. The Bertz CT molecular complexity index is 535. The van der Waals surface area contributed by atoms with Gasteiger partial charge in [0.1, 0.15) is 5.82 Å². The van der Waals surface area contributed by atoms with E-state index in [2.05, 4.69) is 41.8 Å². The summed E-state index contributed by atoms with van der Waals surface area (Å²) in [5, 5.41) is 6.95. The minimum atomic E-state index is 0.526. The first kappa shape index (κ1) is 12.4. The van der Waals surface area contributed by atoms with Crippen molar-refractivity contribution in [2.45, 2.75) is 16.7 Å². The van der Waals surface area contributed by atoms with E-state index < -0.39 is 0 Å². The number of hydrogen-bond donors (Lipinski definition) is 2. The Kier molecular flexibility index (Phi) is 3.69. The number of H-pyrrole nitrogens is 1. The van der Waals surface area contributed by atoms with Crippen molar-refractivity contribution >= 4 is 29.3 Å². The maximum atomic E-state index is 5.65. The van der Waals surface area contributed by atoms with E-state index >= 15 is 0 Å². The zero-order valence-electron chi connectivity index (χ0n) is 10.1. The molecule has 3 N–H and O–H groups in total. The number of aromatic amines is 1.